The van der Waals surface area contributed by atoms with Crippen LogP contribution in [0.15, 0.2) is 101 Å². The number of hydrogen-bond acceptors (Lipinski definition) is 9. The Balaban J connectivity index is 1.27. The van der Waals surface area contributed by atoms with Crippen LogP contribution < -0.4 is 20.3 Å². The van der Waals surface area contributed by atoms with Crippen LogP contribution in [0.25, 0.3) is 27.7 Å². The van der Waals surface area contributed by atoms with Crippen molar-refractivity contribution in [3.8, 4) is 28.3 Å². The quantitative estimate of drug-likeness (QED) is 0.148. The number of aromatic nitrogens is 4. The van der Waals surface area contributed by atoms with E-state index in [9.17, 15) is 26.8 Å². The largest absolute Gasteiger partial charge is 0.496 e. The molecule has 0 radical (unpaired) electrons. The number of benzene rings is 4. The lowest BCUT2D eigenvalue weighted by Crippen LogP contribution is -2.40. The van der Waals surface area contributed by atoms with Crippen molar-refractivity contribution >= 4 is 26.8 Å². The molecule has 8 rings (SSSR count). The van der Waals surface area contributed by atoms with Crippen molar-refractivity contribution in [3.05, 3.63) is 130 Å². The maximum Gasteiger partial charge on any atom is 0.266 e. The fourth-order valence-corrected chi connectivity index (χ4v) is 8.87. The number of carbonyl (C=O) groups is 1. The van der Waals surface area contributed by atoms with Crippen molar-refractivity contribution in [1.82, 2.24) is 29.0 Å². The maximum atomic E-state index is 14.8. The molecule has 306 valence electrons. The smallest absolute Gasteiger partial charge is 0.266 e. The molecule has 1 N–H and O–H groups in total. The Labute approximate surface area is 339 Å². The van der Waals surface area contributed by atoms with Crippen LogP contribution in [0.4, 0.5) is 8.78 Å². The standard InChI is InChI=1S/C43H42F2N6O7S/c1-56-38-4-3-5-39(57-2)41(38)29-8-13-35-36(24-29)47-42(51(43(35)53)33-9-11-34(12-10-33)59(54,55)50-16-18-58-19-17-50)37(23-28-20-30(44)25-31(45)21-28)46-40(52)26-49-15-14-32(48-49)22-27-6-7-27/h3-5,8-15,20-21,24-25,27,37H,6-7,16-19,22-23,26H2,1-2H3,(H,46,52)/t37-/m0/s1. The Morgan fingerprint density at radius 2 is 1.63 bits per heavy atom. The first-order valence-electron chi connectivity index (χ1n) is 19.2. The van der Waals surface area contributed by atoms with E-state index in [-0.39, 0.29) is 72.1 Å². The van der Waals surface area contributed by atoms with Crippen molar-refractivity contribution in [2.24, 2.45) is 5.92 Å². The van der Waals surface area contributed by atoms with Crippen LogP contribution in [-0.4, -0.2) is 78.5 Å². The number of methoxy groups -OCH3 is 2. The number of nitrogens with one attached hydrogen (secondary N) is 1. The first-order chi connectivity index (χ1) is 28.5. The zero-order valence-electron chi connectivity index (χ0n) is 32.4. The number of rotatable bonds is 14. The van der Waals surface area contributed by atoms with Gasteiger partial charge in [-0.15, -0.1) is 0 Å². The van der Waals surface area contributed by atoms with Gasteiger partial charge in [0.2, 0.25) is 15.9 Å². The van der Waals surface area contributed by atoms with E-state index in [1.807, 2.05) is 6.07 Å². The molecule has 1 amide bonds. The molecule has 0 spiro atoms. The maximum absolute atomic E-state index is 14.8. The van der Waals surface area contributed by atoms with Gasteiger partial charge in [-0.1, -0.05) is 12.1 Å². The first-order valence-corrected chi connectivity index (χ1v) is 20.7. The van der Waals surface area contributed by atoms with Gasteiger partial charge in [0.25, 0.3) is 5.56 Å². The minimum Gasteiger partial charge on any atom is -0.496 e. The number of halogens is 2. The lowest BCUT2D eigenvalue weighted by Gasteiger charge is -2.26. The summed E-state index contributed by atoms with van der Waals surface area (Å²) in [6, 6.07) is 20.0. The van der Waals surface area contributed by atoms with Crippen LogP contribution in [0, 0.1) is 17.6 Å². The molecule has 13 nitrogen and oxygen atoms in total. The van der Waals surface area contributed by atoms with Crippen LogP contribution in [-0.2, 0) is 38.9 Å². The molecular formula is C43H42F2N6O7S. The molecule has 2 fully saturated rings. The lowest BCUT2D eigenvalue weighted by atomic mass is 10.0. The summed E-state index contributed by atoms with van der Waals surface area (Å²) in [6.07, 6.45) is 4.67. The highest BCUT2D eigenvalue weighted by Crippen LogP contribution is 2.39. The average molecular weight is 825 g/mol. The van der Waals surface area contributed by atoms with Gasteiger partial charge in [-0.3, -0.25) is 18.8 Å². The molecule has 1 aliphatic heterocycles. The third-order valence-electron chi connectivity index (χ3n) is 10.5. The van der Waals surface area contributed by atoms with Crippen molar-refractivity contribution in [1.29, 1.82) is 0 Å². The van der Waals surface area contributed by atoms with E-state index in [0.717, 1.165) is 43.2 Å². The minimum atomic E-state index is -3.88. The fourth-order valence-electron chi connectivity index (χ4n) is 7.46. The predicted molar refractivity (Wildman–Crippen MR) is 215 cm³/mol. The molecule has 2 aromatic heterocycles. The molecule has 1 atom stereocenters. The summed E-state index contributed by atoms with van der Waals surface area (Å²) < 4.78 is 77.2. The van der Waals surface area contributed by atoms with Gasteiger partial charge in [0.15, 0.2) is 0 Å². The number of sulfonamides is 1. The predicted octanol–water partition coefficient (Wildman–Crippen LogP) is 5.62. The number of morpholine rings is 1. The second-order valence-corrected chi connectivity index (χ2v) is 16.6. The van der Waals surface area contributed by atoms with E-state index in [1.54, 1.807) is 42.6 Å². The average Bonchev–Trinajstić information content (AvgIpc) is 3.95. The van der Waals surface area contributed by atoms with E-state index >= 15 is 0 Å². The van der Waals surface area contributed by atoms with Gasteiger partial charge >= 0.3 is 0 Å². The lowest BCUT2D eigenvalue weighted by molar-refractivity contribution is -0.122. The second-order valence-electron chi connectivity index (χ2n) is 14.6. The van der Waals surface area contributed by atoms with E-state index in [0.29, 0.717) is 28.5 Å². The number of carbonyl (C=O) groups excluding carboxylic acids is 1. The summed E-state index contributed by atoms with van der Waals surface area (Å²) in [7, 11) is -0.811. The number of amides is 1. The SMILES string of the molecule is COc1cccc(OC)c1-c1ccc2c(=O)n(-c3ccc(S(=O)(=O)N4CCOCC4)cc3)c([C@H](Cc3cc(F)cc(F)c3)NC(=O)Cn3ccc(CC4CC4)n3)nc2c1. The van der Waals surface area contributed by atoms with Gasteiger partial charge in [-0.05, 0) is 103 Å². The van der Waals surface area contributed by atoms with Gasteiger partial charge in [0.1, 0.15) is 35.5 Å². The zero-order chi connectivity index (χ0) is 41.3. The van der Waals surface area contributed by atoms with Crippen molar-refractivity contribution in [3.63, 3.8) is 0 Å². The van der Waals surface area contributed by atoms with E-state index < -0.39 is 39.2 Å². The summed E-state index contributed by atoms with van der Waals surface area (Å²) >= 11 is 0. The van der Waals surface area contributed by atoms with Gasteiger partial charge in [-0.25, -0.2) is 22.2 Å². The molecule has 4 aromatic carbocycles. The molecule has 2 aliphatic rings. The van der Waals surface area contributed by atoms with Crippen molar-refractivity contribution < 1.29 is 36.2 Å². The summed E-state index contributed by atoms with van der Waals surface area (Å²) in [5.41, 5.74) is 2.27. The fraction of sp³-hybridized carbons (Fsp3) is 0.302. The topological polar surface area (TPSA) is 147 Å². The van der Waals surface area contributed by atoms with Gasteiger partial charge in [0, 0.05) is 31.8 Å². The highest BCUT2D eigenvalue weighted by molar-refractivity contribution is 7.89. The Kier molecular flexibility index (Phi) is 11.3. The molecule has 6 aromatic rings. The summed E-state index contributed by atoms with van der Waals surface area (Å²) in [6.45, 7) is 0.770. The molecule has 1 aliphatic carbocycles. The third-order valence-corrected chi connectivity index (χ3v) is 12.4. The first kappa shape index (κ1) is 39.8. The molecule has 1 saturated heterocycles. The Bertz CT molecular complexity index is 2650. The Morgan fingerprint density at radius 3 is 2.29 bits per heavy atom. The molecule has 3 heterocycles. The molecule has 0 unspecified atom stereocenters. The zero-order valence-corrected chi connectivity index (χ0v) is 33.3. The number of hydrogen-bond donors (Lipinski definition) is 1. The number of ether oxygens (including phenoxy) is 3. The van der Waals surface area contributed by atoms with E-state index in [4.69, 9.17) is 19.2 Å². The van der Waals surface area contributed by atoms with E-state index in [2.05, 4.69) is 10.4 Å². The molecule has 0 bridgehead atoms. The minimum absolute atomic E-state index is 0.0160. The number of nitrogens with zero attached hydrogens (tertiary/aromatic N) is 5. The Morgan fingerprint density at radius 1 is 0.932 bits per heavy atom. The van der Waals surface area contributed by atoms with Crippen LogP contribution in [0.3, 0.4) is 0 Å². The third kappa shape index (κ3) is 8.60. The molecule has 16 heteroatoms. The summed E-state index contributed by atoms with van der Waals surface area (Å²) in [4.78, 5) is 33.7. The van der Waals surface area contributed by atoms with Crippen LogP contribution in [0.5, 0.6) is 11.5 Å². The van der Waals surface area contributed by atoms with Gasteiger partial charge in [-0.2, -0.15) is 9.40 Å². The monoisotopic (exact) mass is 824 g/mol. The summed E-state index contributed by atoms with van der Waals surface area (Å²) in [5.74, 6) is -0.473. The molecule has 59 heavy (non-hydrogen) atoms. The highest BCUT2D eigenvalue weighted by Gasteiger charge is 2.29. The van der Waals surface area contributed by atoms with Crippen LogP contribution in [0.2, 0.25) is 0 Å². The van der Waals surface area contributed by atoms with Crippen LogP contribution in [0.1, 0.15) is 36.0 Å². The normalized spacial score (nSPS) is 15.3. The van der Waals surface area contributed by atoms with Gasteiger partial charge in [0.05, 0.1) is 66.2 Å². The second kappa shape index (κ2) is 16.7. The Hall–Kier alpha value is -5.97. The van der Waals surface area contributed by atoms with Crippen molar-refractivity contribution in [2.75, 3.05) is 40.5 Å². The van der Waals surface area contributed by atoms with Gasteiger partial charge < -0.3 is 19.5 Å². The molecule has 1 saturated carbocycles. The van der Waals surface area contributed by atoms with Crippen molar-refractivity contribution in [2.45, 2.75) is 43.2 Å². The number of fused-ring (bicyclic) bond motifs is 1. The summed E-state index contributed by atoms with van der Waals surface area (Å²) in [5, 5.41) is 7.75. The van der Waals surface area contributed by atoms with Crippen LogP contribution >= 0.6 is 0 Å². The highest BCUT2D eigenvalue weighted by atomic mass is 32.2. The molecular weight excluding hydrogens is 783 g/mol. The van der Waals surface area contributed by atoms with E-state index in [1.165, 1.54) is 52.0 Å².